The summed E-state index contributed by atoms with van der Waals surface area (Å²) in [5.74, 6) is -0.784. The second-order valence-corrected chi connectivity index (χ2v) is 6.30. The summed E-state index contributed by atoms with van der Waals surface area (Å²) in [5, 5.41) is 17.5. The lowest BCUT2D eigenvalue weighted by molar-refractivity contribution is -0.144. The number of likely N-dealkylation sites (tertiary alicyclic amines) is 1. The van der Waals surface area contributed by atoms with Gasteiger partial charge < -0.3 is 14.9 Å². The molecule has 7 heteroatoms. The lowest BCUT2D eigenvalue weighted by Gasteiger charge is -2.37. The van der Waals surface area contributed by atoms with Crippen LogP contribution in [0.1, 0.15) is 43.1 Å². The first kappa shape index (κ1) is 15.7. The highest BCUT2D eigenvalue weighted by atomic mass is 16.4. The first-order valence-electron chi connectivity index (χ1n) is 8.20. The molecule has 0 radical (unpaired) electrons. The van der Waals surface area contributed by atoms with Crippen LogP contribution in [-0.4, -0.2) is 57.8 Å². The molecule has 2 saturated heterocycles. The molecule has 0 spiro atoms. The SMILES string of the molecule is C[C@@H]1[C@H](C(=O)O)CCCN1C(=O)c1ccc(N2CCCC2)nn1. The quantitative estimate of drug-likeness (QED) is 0.906. The molecule has 124 valence electrons. The van der Waals surface area contributed by atoms with Crippen LogP contribution in [0.25, 0.3) is 0 Å². The third-order valence-corrected chi connectivity index (χ3v) is 4.87. The fraction of sp³-hybridized carbons (Fsp3) is 0.625. The van der Waals surface area contributed by atoms with Crippen molar-refractivity contribution in [3.8, 4) is 0 Å². The molecule has 0 saturated carbocycles. The van der Waals surface area contributed by atoms with Crippen molar-refractivity contribution in [1.29, 1.82) is 0 Å². The molecular formula is C16H22N4O3. The van der Waals surface area contributed by atoms with Crippen molar-refractivity contribution in [1.82, 2.24) is 15.1 Å². The minimum absolute atomic E-state index is 0.232. The fourth-order valence-electron chi connectivity index (χ4n) is 3.46. The topological polar surface area (TPSA) is 86.6 Å². The van der Waals surface area contributed by atoms with Gasteiger partial charge in [-0.3, -0.25) is 9.59 Å². The number of nitrogens with zero attached hydrogens (tertiary/aromatic N) is 4. The number of anilines is 1. The zero-order valence-corrected chi connectivity index (χ0v) is 13.3. The molecule has 0 aliphatic carbocycles. The number of carbonyl (C=O) groups excluding carboxylic acids is 1. The third-order valence-electron chi connectivity index (χ3n) is 4.87. The molecule has 2 aliphatic heterocycles. The van der Waals surface area contributed by atoms with Crippen molar-refractivity contribution in [3.05, 3.63) is 17.8 Å². The van der Waals surface area contributed by atoms with Gasteiger partial charge in [0.2, 0.25) is 0 Å². The Bertz CT molecular complexity index is 583. The molecule has 1 amide bonds. The Balaban J connectivity index is 1.73. The summed E-state index contributed by atoms with van der Waals surface area (Å²) in [6.45, 7) is 4.32. The summed E-state index contributed by atoms with van der Waals surface area (Å²) in [6.07, 6.45) is 3.63. The minimum atomic E-state index is -0.842. The van der Waals surface area contributed by atoms with Crippen molar-refractivity contribution in [3.63, 3.8) is 0 Å². The Labute approximate surface area is 135 Å². The van der Waals surface area contributed by atoms with Crippen molar-refractivity contribution in [2.45, 2.75) is 38.6 Å². The largest absolute Gasteiger partial charge is 0.481 e. The van der Waals surface area contributed by atoms with E-state index in [1.165, 1.54) is 0 Å². The molecule has 2 atom stereocenters. The molecule has 1 aromatic rings. The van der Waals surface area contributed by atoms with Crippen molar-refractivity contribution in [2.75, 3.05) is 24.5 Å². The molecule has 1 aromatic heterocycles. The average Bonchev–Trinajstić information content (AvgIpc) is 3.09. The predicted octanol–water partition coefficient (Wildman–Crippen LogP) is 1.40. The Morgan fingerprint density at radius 2 is 1.87 bits per heavy atom. The lowest BCUT2D eigenvalue weighted by atomic mass is 9.90. The monoisotopic (exact) mass is 318 g/mol. The Hall–Kier alpha value is -2.18. The molecule has 0 unspecified atom stereocenters. The highest BCUT2D eigenvalue weighted by molar-refractivity contribution is 5.93. The lowest BCUT2D eigenvalue weighted by Crippen LogP contribution is -2.49. The third kappa shape index (κ3) is 3.13. The molecule has 0 bridgehead atoms. The first-order valence-corrected chi connectivity index (χ1v) is 8.20. The normalized spacial score (nSPS) is 24.7. The van der Waals surface area contributed by atoms with E-state index in [4.69, 9.17) is 0 Å². The number of carboxylic acid groups (broad SMARTS) is 1. The summed E-state index contributed by atoms with van der Waals surface area (Å²) in [5.41, 5.74) is 0.283. The van der Waals surface area contributed by atoms with Gasteiger partial charge in [-0.25, -0.2) is 0 Å². The van der Waals surface area contributed by atoms with Gasteiger partial charge in [-0.2, -0.15) is 0 Å². The van der Waals surface area contributed by atoms with E-state index in [-0.39, 0.29) is 17.6 Å². The number of carbonyl (C=O) groups is 2. The second kappa shape index (κ2) is 6.52. The van der Waals surface area contributed by atoms with Crippen LogP contribution in [0.2, 0.25) is 0 Å². The van der Waals surface area contributed by atoms with E-state index in [9.17, 15) is 14.7 Å². The summed E-state index contributed by atoms with van der Waals surface area (Å²) < 4.78 is 0. The van der Waals surface area contributed by atoms with Gasteiger partial charge in [-0.1, -0.05) is 0 Å². The zero-order valence-electron chi connectivity index (χ0n) is 13.3. The predicted molar refractivity (Wildman–Crippen MR) is 84.3 cm³/mol. The van der Waals surface area contributed by atoms with E-state index in [1.54, 1.807) is 17.9 Å². The van der Waals surface area contributed by atoms with Gasteiger partial charge in [0.25, 0.3) is 5.91 Å². The zero-order chi connectivity index (χ0) is 16.4. The minimum Gasteiger partial charge on any atom is -0.481 e. The number of piperidine rings is 1. The molecule has 0 aromatic carbocycles. The van der Waals surface area contributed by atoms with Gasteiger partial charge in [-0.05, 0) is 44.7 Å². The maximum atomic E-state index is 12.6. The number of rotatable bonds is 3. The first-order chi connectivity index (χ1) is 11.1. The molecule has 23 heavy (non-hydrogen) atoms. The van der Waals surface area contributed by atoms with E-state index in [0.29, 0.717) is 19.4 Å². The van der Waals surface area contributed by atoms with E-state index in [0.717, 1.165) is 31.7 Å². The Morgan fingerprint density at radius 1 is 1.13 bits per heavy atom. The van der Waals surface area contributed by atoms with Crippen LogP contribution >= 0.6 is 0 Å². The van der Waals surface area contributed by atoms with Crippen LogP contribution in [0, 0.1) is 5.92 Å². The molecule has 7 nitrogen and oxygen atoms in total. The Kier molecular flexibility index (Phi) is 4.45. The van der Waals surface area contributed by atoms with E-state index < -0.39 is 11.9 Å². The number of aromatic nitrogens is 2. The van der Waals surface area contributed by atoms with Gasteiger partial charge in [0.15, 0.2) is 11.5 Å². The smallest absolute Gasteiger partial charge is 0.308 e. The second-order valence-electron chi connectivity index (χ2n) is 6.30. The molecule has 2 aliphatic rings. The van der Waals surface area contributed by atoms with Crippen molar-refractivity contribution in [2.24, 2.45) is 5.92 Å². The average molecular weight is 318 g/mol. The summed E-state index contributed by atoms with van der Waals surface area (Å²) >= 11 is 0. The number of carboxylic acids is 1. The number of hydrogen-bond acceptors (Lipinski definition) is 5. The van der Waals surface area contributed by atoms with Crippen LogP contribution in [-0.2, 0) is 4.79 Å². The van der Waals surface area contributed by atoms with E-state index in [2.05, 4.69) is 15.1 Å². The summed E-state index contributed by atoms with van der Waals surface area (Å²) in [6, 6.07) is 3.20. The summed E-state index contributed by atoms with van der Waals surface area (Å²) in [7, 11) is 0. The molecule has 1 N–H and O–H groups in total. The molecule has 3 heterocycles. The van der Waals surface area contributed by atoms with Gasteiger partial charge in [0.05, 0.1) is 5.92 Å². The maximum Gasteiger partial charge on any atom is 0.308 e. The molecule has 2 fully saturated rings. The van der Waals surface area contributed by atoms with Gasteiger partial charge >= 0.3 is 5.97 Å². The van der Waals surface area contributed by atoms with Gasteiger partial charge in [0, 0.05) is 25.7 Å². The summed E-state index contributed by atoms with van der Waals surface area (Å²) in [4.78, 5) is 27.7. The van der Waals surface area contributed by atoms with E-state index in [1.807, 2.05) is 6.07 Å². The number of aliphatic carboxylic acids is 1. The number of amides is 1. The van der Waals surface area contributed by atoms with Crippen molar-refractivity contribution >= 4 is 17.7 Å². The number of hydrogen-bond donors (Lipinski definition) is 1. The standard InChI is InChI=1S/C16H22N4O3/c1-11-12(16(22)23)5-4-10-20(11)15(21)13-6-7-14(18-17-13)19-8-2-3-9-19/h6-7,11-12H,2-5,8-10H2,1H3,(H,22,23)/t11-,12-/m1/s1. The van der Waals surface area contributed by atoms with Gasteiger partial charge in [0.1, 0.15) is 0 Å². The Morgan fingerprint density at radius 3 is 2.48 bits per heavy atom. The fourth-order valence-corrected chi connectivity index (χ4v) is 3.46. The highest BCUT2D eigenvalue weighted by Gasteiger charge is 2.36. The highest BCUT2D eigenvalue weighted by Crippen LogP contribution is 2.25. The molecule has 3 rings (SSSR count). The van der Waals surface area contributed by atoms with Crippen LogP contribution in [0.4, 0.5) is 5.82 Å². The van der Waals surface area contributed by atoms with E-state index >= 15 is 0 Å². The van der Waals surface area contributed by atoms with Crippen molar-refractivity contribution < 1.29 is 14.7 Å². The maximum absolute atomic E-state index is 12.6. The van der Waals surface area contributed by atoms with Crippen LogP contribution in [0.5, 0.6) is 0 Å². The van der Waals surface area contributed by atoms with Crippen LogP contribution < -0.4 is 4.90 Å². The molecular weight excluding hydrogens is 296 g/mol. The van der Waals surface area contributed by atoms with Crippen LogP contribution in [0.3, 0.4) is 0 Å². The van der Waals surface area contributed by atoms with Crippen LogP contribution in [0.15, 0.2) is 12.1 Å². The van der Waals surface area contributed by atoms with Gasteiger partial charge in [-0.15, -0.1) is 10.2 Å².